The summed E-state index contributed by atoms with van der Waals surface area (Å²) < 4.78 is 0. The maximum absolute atomic E-state index is 11.6. The van der Waals surface area contributed by atoms with Gasteiger partial charge in [-0.3, -0.25) is 4.79 Å². The van der Waals surface area contributed by atoms with Crippen molar-refractivity contribution in [3.8, 4) is 0 Å². The fourth-order valence-electron chi connectivity index (χ4n) is 1.41. The van der Waals surface area contributed by atoms with E-state index in [1.54, 1.807) is 6.20 Å². The van der Waals surface area contributed by atoms with E-state index in [-0.39, 0.29) is 17.4 Å². The molecule has 0 unspecified atom stereocenters. The molecule has 100 valence electrons. The molecule has 1 aromatic heterocycles. The van der Waals surface area contributed by atoms with Gasteiger partial charge in [0.1, 0.15) is 5.82 Å². The first-order chi connectivity index (χ1) is 8.28. The average molecular weight is 251 g/mol. The van der Waals surface area contributed by atoms with Crippen LogP contribution in [0.15, 0.2) is 6.20 Å². The van der Waals surface area contributed by atoms with E-state index in [0.717, 1.165) is 5.56 Å². The molecule has 1 amide bonds. The van der Waals surface area contributed by atoms with Crippen LogP contribution in [-0.4, -0.2) is 28.0 Å². The van der Waals surface area contributed by atoms with Gasteiger partial charge in [-0.25, -0.2) is 4.98 Å². The number of aryl methyl sites for hydroxylation is 1. The van der Waals surface area contributed by atoms with Gasteiger partial charge in [-0.15, -0.1) is 0 Å². The number of hydrogen-bond acceptors (Lipinski definition) is 5. The Bertz CT molecular complexity index is 425. The molecular formula is C12H21N5O. The zero-order valence-electron chi connectivity index (χ0n) is 11.4. The first-order valence-corrected chi connectivity index (χ1v) is 5.92. The highest BCUT2D eigenvalue weighted by atomic mass is 16.1. The Morgan fingerprint density at radius 1 is 1.44 bits per heavy atom. The van der Waals surface area contributed by atoms with Crippen LogP contribution in [0.5, 0.6) is 0 Å². The molecule has 6 nitrogen and oxygen atoms in total. The summed E-state index contributed by atoms with van der Waals surface area (Å²) in [5.74, 6) is 0.906. The smallest absolute Gasteiger partial charge is 0.222 e. The highest BCUT2D eigenvalue weighted by molar-refractivity contribution is 5.77. The summed E-state index contributed by atoms with van der Waals surface area (Å²) in [6.07, 6.45) is 2.04. The van der Waals surface area contributed by atoms with Crippen molar-refractivity contribution in [3.05, 3.63) is 11.8 Å². The van der Waals surface area contributed by atoms with Crippen LogP contribution in [0.2, 0.25) is 0 Å². The van der Waals surface area contributed by atoms with Crippen LogP contribution in [0.4, 0.5) is 11.8 Å². The Balaban J connectivity index is 2.42. The van der Waals surface area contributed by atoms with E-state index in [2.05, 4.69) is 20.6 Å². The van der Waals surface area contributed by atoms with Gasteiger partial charge in [0.25, 0.3) is 0 Å². The first-order valence-electron chi connectivity index (χ1n) is 5.92. The molecule has 6 heteroatoms. The molecule has 0 aliphatic heterocycles. The highest BCUT2D eigenvalue weighted by Gasteiger charge is 2.13. The van der Waals surface area contributed by atoms with Gasteiger partial charge in [0.15, 0.2) is 0 Å². The van der Waals surface area contributed by atoms with E-state index in [0.29, 0.717) is 18.8 Å². The fraction of sp³-hybridized carbons (Fsp3) is 0.583. The molecule has 0 aliphatic carbocycles. The lowest BCUT2D eigenvalue weighted by Crippen LogP contribution is -2.41. The van der Waals surface area contributed by atoms with Gasteiger partial charge in [-0.2, -0.15) is 4.98 Å². The lowest BCUT2D eigenvalue weighted by molar-refractivity contribution is -0.122. The van der Waals surface area contributed by atoms with Crippen molar-refractivity contribution in [1.29, 1.82) is 0 Å². The van der Waals surface area contributed by atoms with Gasteiger partial charge in [0.2, 0.25) is 11.9 Å². The average Bonchev–Trinajstić information content (AvgIpc) is 2.20. The van der Waals surface area contributed by atoms with E-state index in [1.165, 1.54) is 0 Å². The minimum atomic E-state index is -0.202. The zero-order valence-corrected chi connectivity index (χ0v) is 11.4. The van der Waals surface area contributed by atoms with Gasteiger partial charge in [0, 0.05) is 30.3 Å². The Morgan fingerprint density at radius 3 is 2.72 bits per heavy atom. The Labute approximate surface area is 107 Å². The topological polar surface area (TPSA) is 92.9 Å². The number of nitrogen functional groups attached to an aromatic ring is 1. The van der Waals surface area contributed by atoms with Gasteiger partial charge in [-0.05, 0) is 27.7 Å². The predicted octanol–water partition coefficient (Wildman–Crippen LogP) is 1.08. The molecule has 18 heavy (non-hydrogen) atoms. The monoisotopic (exact) mass is 251 g/mol. The number of aromatic nitrogens is 2. The van der Waals surface area contributed by atoms with E-state index in [9.17, 15) is 4.79 Å². The van der Waals surface area contributed by atoms with Crippen LogP contribution >= 0.6 is 0 Å². The van der Waals surface area contributed by atoms with Crippen molar-refractivity contribution in [2.75, 3.05) is 17.6 Å². The minimum Gasteiger partial charge on any atom is -0.369 e. The number of nitrogens with two attached hydrogens (primary N) is 1. The van der Waals surface area contributed by atoms with Crippen LogP contribution in [-0.2, 0) is 4.79 Å². The van der Waals surface area contributed by atoms with Gasteiger partial charge in [-0.1, -0.05) is 0 Å². The molecule has 1 aromatic rings. The second-order valence-corrected chi connectivity index (χ2v) is 5.23. The van der Waals surface area contributed by atoms with E-state index in [1.807, 2.05) is 27.7 Å². The SMILES string of the molecule is Cc1cnc(N)nc1NCCC(=O)NC(C)(C)C. The Morgan fingerprint density at radius 2 is 2.11 bits per heavy atom. The van der Waals surface area contributed by atoms with Crippen LogP contribution < -0.4 is 16.4 Å². The molecule has 1 heterocycles. The summed E-state index contributed by atoms with van der Waals surface area (Å²) in [5.41, 5.74) is 6.20. The van der Waals surface area contributed by atoms with Crippen LogP contribution in [0.1, 0.15) is 32.8 Å². The predicted molar refractivity (Wildman–Crippen MR) is 72.2 cm³/mol. The van der Waals surface area contributed by atoms with Gasteiger partial charge >= 0.3 is 0 Å². The summed E-state index contributed by atoms with van der Waals surface area (Å²) in [6, 6.07) is 0. The van der Waals surface area contributed by atoms with Gasteiger partial charge in [0.05, 0.1) is 0 Å². The van der Waals surface area contributed by atoms with Crippen molar-refractivity contribution >= 4 is 17.7 Å². The maximum Gasteiger partial charge on any atom is 0.222 e. The van der Waals surface area contributed by atoms with E-state index >= 15 is 0 Å². The fourth-order valence-corrected chi connectivity index (χ4v) is 1.41. The summed E-state index contributed by atoms with van der Waals surface area (Å²) in [5, 5.41) is 5.97. The molecular weight excluding hydrogens is 230 g/mol. The molecule has 4 N–H and O–H groups in total. The molecule has 1 rings (SSSR count). The third kappa shape index (κ3) is 4.99. The number of carbonyl (C=O) groups is 1. The number of hydrogen-bond donors (Lipinski definition) is 3. The third-order valence-electron chi connectivity index (χ3n) is 2.15. The van der Waals surface area contributed by atoms with Crippen LogP contribution in [0.25, 0.3) is 0 Å². The summed E-state index contributed by atoms with van der Waals surface area (Å²) >= 11 is 0. The van der Waals surface area contributed by atoms with Crippen molar-refractivity contribution in [1.82, 2.24) is 15.3 Å². The number of nitrogens with one attached hydrogen (secondary N) is 2. The number of carbonyl (C=O) groups excluding carboxylic acids is 1. The summed E-state index contributed by atoms with van der Waals surface area (Å²) in [6.45, 7) is 8.25. The minimum absolute atomic E-state index is 0.00896. The van der Waals surface area contributed by atoms with Crippen LogP contribution in [0.3, 0.4) is 0 Å². The van der Waals surface area contributed by atoms with Crippen molar-refractivity contribution in [3.63, 3.8) is 0 Å². The third-order valence-corrected chi connectivity index (χ3v) is 2.15. The maximum atomic E-state index is 11.6. The summed E-state index contributed by atoms with van der Waals surface area (Å²) in [4.78, 5) is 19.5. The van der Waals surface area contributed by atoms with E-state index in [4.69, 9.17) is 5.73 Å². The number of amides is 1. The van der Waals surface area contributed by atoms with Crippen molar-refractivity contribution < 1.29 is 4.79 Å². The van der Waals surface area contributed by atoms with Crippen molar-refractivity contribution in [2.24, 2.45) is 0 Å². The lowest BCUT2D eigenvalue weighted by Gasteiger charge is -2.20. The summed E-state index contributed by atoms with van der Waals surface area (Å²) in [7, 11) is 0. The zero-order chi connectivity index (χ0) is 13.8. The number of anilines is 2. The Hall–Kier alpha value is -1.85. The molecule has 0 bridgehead atoms. The Kier molecular flexibility index (Phi) is 4.47. The molecule has 0 saturated heterocycles. The van der Waals surface area contributed by atoms with Crippen LogP contribution in [0, 0.1) is 6.92 Å². The quantitative estimate of drug-likeness (QED) is 0.744. The molecule has 0 atom stereocenters. The normalized spacial score (nSPS) is 11.1. The number of nitrogens with zero attached hydrogens (tertiary/aromatic N) is 2. The highest BCUT2D eigenvalue weighted by Crippen LogP contribution is 2.10. The number of rotatable bonds is 4. The molecule has 0 radical (unpaired) electrons. The second-order valence-electron chi connectivity index (χ2n) is 5.23. The molecule has 0 fully saturated rings. The van der Waals surface area contributed by atoms with Crippen molar-refractivity contribution in [2.45, 2.75) is 39.7 Å². The molecule has 0 saturated carbocycles. The first kappa shape index (κ1) is 14.2. The second kappa shape index (κ2) is 5.66. The van der Waals surface area contributed by atoms with Gasteiger partial charge < -0.3 is 16.4 Å². The molecule has 0 aliphatic rings. The largest absolute Gasteiger partial charge is 0.369 e. The molecule has 0 aromatic carbocycles. The standard InChI is InChI=1S/C12H21N5O/c1-8-7-15-11(13)16-10(8)14-6-5-9(18)17-12(2,3)4/h7H,5-6H2,1-4H3,(H,17,18)(H3,13,14,15,16). The lowest BCUT2D eigenvalue weighted by atomic mass is 10.1. The molecule has 0 spiro atoms. The van der Waals surface area contributed by atoms with E-state index < -0.39 is 0 Å².